The first kappa shape index (κ1) is 52.1. The van der Waals surface area contributed by atoms with Crippen LogP contribution >= 0.6 is 0 Å². The van der Waals surface area contributed by atoms with Crippen LogP contribution in [0, 0.1) is 18.3 Å². The highest BCUT2D eigenvalue weighted by Gasteiger charge is 2.32. The molecule has 4 aromatic heterocycles. The molecular weight excluding hydrogens is 1080 g/mol. The highest BCUT2D eigenvalue weighted by atomic mass is 19.4. The molecule has 0 aliphatic carbocycles. The summed E-state index contributed by atoms with van der Waals surface area (Å²) in [7, 11) is 0. The maximum Gasteiger partial charge on any atom is 0.416 e. The van der Waals surface area contributed by atoms with E-state index in [1.807, 2.05) is 188 Å². The lowest BCUT2D eigenvalue weighted by Gasteiger charge is -2.21. The zero-order chi connectivity index (χ0) is 58.8. The third-order valence-electron chi connectivity index (χ3n) is 15.9. The molecule has 9 nitrogen and oxygen atoms in total. The van der Waals surface area contributed by atoms with E-state index in [4.69, 9.17) is 29.9 Å². The van der Waals surface area contributed by atoms with E-state index in [0.29, 0.717) is 79.7 Å². The normalized spacial score (nSPS) is 11.7. The van der Waals surface area contributed by atoms with Gasteiger partial charge in [0.1, 0.15) is 0 Å². The number of benzene rings is 11. The molecule has 0 radical (unpaired) electrons. The molecule has 11 aromatic carbocycles. The van der Waals surface area contributed by atoms with Crippen LogP contribution in [-0.4, -0.2) is 39.0 Å². The molecule has 0 unspecified atom stereocenters. The molecule has 0 amide bonds. The van der Waals surface area contributed by atoms with E-state index in [0.717, 1.165) is 83.1 Å². The van der Waals surface area contributed by atoms with Crippen LogP contribution in [0.15, 0.2) is 261 Å². The summed E-state index contributed by atoms with van der Waals surface area (Å²) < 4.78 is 48.4. The fourth-order valence-electron chi connectivity index (χ4n) is 11.9. The lowest BCUT2D eigenvalue weighted by Crippen LogP contribution is -2.06. The lowest BCUT2D eigenvalue weighted by atomic mass is 9.91. The molecule has 0 N–H and O–H groups in total. The van der Waals surface area contributed by atoms with Gasteiger partial charge >= 0.3 is 6.18 Å². The van der Waals surface area contributed by atoms with Crippen LogP contribution in [0.5, 0.6) is 0 Å². The number of nitriles is 1. The van der Waals surface area contributed by atoms with Gasteiger partial charge in [-0.05, 0) is 109 Å². The van der Waals surface area contributed by atoms with Gasteiger partial charge in [0.2, 0.25) is 0 Å². The maximum absolute atomic E-state index is 14.7. The number of alkyl halides is 3. The summed E-state index contributed by atoms with van der Waals surface area (Å²) in [4.78, 5) is 30.2. The highest BCUT2D eigenvalue weighted by molar-refractivity contribution is 6.13. The second-order valence-electron chi connectivity index (χ2n) is 21.4. The van der Waals surface area contributed by atoms with Crippen LogP contribution in [-0.2, 0) is 6.18 Å². The SMILES string of the molecule is Cc1cc(-c2ccc(-n3c4ccccc4c4cc(-c5nc(-c6ccccc6)nc(-c6ccccc6)n5)ccc43)c(-c3c(C#N)cccc3-n3c4ccccc4c4cc(-c5nc(-c6ccccc6)nc(-c6ccccc6)n5)ccc43)c2)cc(C(F)(F)F)c1. The Morgan fingerprint density at radius 1 is 0.333 bits per heavy atom. The molecule has 412 valence electrons. The number of aromatic nitrogens is 8. The fraction of sp³-hybridized carbons (Fsp3) is 0.0267. The minimum Gasteiger partial charge on any atom is -0.309 e. The Hall–Kier alpha value is -11.7. The molecule has 0 aliphatic heterocycles. The van der Waals surface area contributed by atoms with Crippen molar-refractivity contribution in [3.8, 4) is 108 Å². The van der Waals surface area contributed by atoms with Crippen molar-refractivity contribution in [2.75, 3.05) is 0 Å². The number of halogens is 3. The van der Waals surface area contributed by atoms with E-state index in [2.05, 4.69) is 63.7 Å². The van der Waals surface area contributed by atoms with Gasteiger partial charge in [-0.3, -0.25) is 0 Å². The third-order valence-corrected chi connectivity index (χ3v) is 15.9. The van der Waals surface area contributed by atoms with E-state index < -0.39 is 11.7 Å². The molecule has 0 fully saturated rings. The molecule has 15 aromatic rings. The van der Waals surface area contributed by atoms with Crippen LogP contribution in [0.2, 0.25) is 0 Å². The Morgan fingerprint density at radius 2 is 0.736 bits per heavy atom. The summed E-state index contributed by atoms with van der Waals surface area (Å²) in [5.41, 5.74) is 12.0. The number of hydrogen-bond acceptors (Lipinski definition) is 7. The predicted molar refractivity (Wildman–Crippen MR) is 340 cm³/mol. The van der Waals surface area contributed by atoms with Gasteiger partial charge in [0.05, 0.1) is 50.6 Å². The molecule has 0 saturated heterocycles. The van der Waals surface area contributed by atoms with Crippen LogP contribution in [0.25, 0.3) is 146 Å². The molecule has 0 saturated carbocycles. The molecule has 12 heteroatoms. The van der Waals surface area contributed by atoms with Crippen molar-refractivity contribution >= 4 is 43.6 Å². The van der Waals surface area contributed by atoms with Crippen molar-refractivity contribution in [2.24, 2.45) is 0 Å². The second-order valence-corrected chi connectivity index (χ2v) is 21.4. The van der Waals surface area contributed by atoms with E-state index in [1.165, 1.54) is 6.07 Å². The molecule has 87 heavy (non-hydrogen) atoms. The summed E-state index contributed by atoms with van der Waals surface area (Å²) in [6.07, 6.45) is -4.59. The summed E-state index contributed by atoms with van der Waals surface area (Å²) in [6.45, 7) is 1.67. The zero-order valence-corrected chi connectivity index (χ0v) is 46.5. The monoisotopic (exact) mass is 1130 g/mol. The molecule has 4 heterocycles. The quantitative estimate of drug-likeness (QED) is 0.134. The molecule has 0 bridgehead atoms. The Kier molecular flexibility index (Phi) is 12.7. The minimum atomic E-state index is -4.59. The van der Waals surface area contributed by atoms with E-state index >= 15 is 0 Å². The predicted octanol–water partition coefficient (Wildman–Crippen LogP) is 18.8. The molecule has 0 aliphatic rings. The van der Waals surface area contributed by atoms with E-state index in [-0.39, 0.29) is 0 Å². The number of nitrogens with zero attached hydrogens (tertiary/aromatic N) is 9. The number of rotatable bonds is 10. The second kappa shape index (κ2) is 21.2. The van der Waals surface area contributed by atoms with Crippen molar-refractivity contribution in [2.45, 2.75) is 13.1 Å². The zero-order valence-electron chi connectivity index (χ0n) is 46.5. The first-order valence-electron chi connectivity index (χ1n) is 28.3. The van der Waals surface area contributed by atoms with Crippen LogP contribution in [0.3, 0.4) is 0 Å². The average Bonchev–Trinajstić information content (AvgIpc) is 1.72. The van der Waals surface area contributed by atoms with E-state index in [9.17, 15) is 18.4 Å². The first-order chi connectivity index (χ1) is 42.6. The minimum absolute atomic E-state index is 0.363. The van der Waals surface area contributed by atoms with E-state index in [1.54, 1.807) is 19.1 Å². The van der Waals surface area contributed by atoms with Crippen LogP contribution < -0.4 is 0 Å². The van der Waals surface area contributed by atoms with Gasteiger partial charge in [-0.25, -0.2) is 29.9 Å². The molecular formula is C75H46F3N9. The van der Waals surface area contributed by atoms with Gasteiger partial charge < -0.3 is 9.13 Å². The summed E-state index contributed by atoms with van der Waals surface area (Å²) >= 11 is 0. The van der Waals surface area contributed by atoms with Crippen molar-refractivity contribution < 1.29 is 13.2 Å². The molecule has 0 atom stereocenters. The van der Waals surface area contributed by atoms with Gasteiger partial charge in [-0.1, -0.05) is 176 Å². The Morgan fingerprint density at radius 3 is 1.18 bits per heavy atom. The number of hydrogen-bond donors (Lipinski definition) is 0. The highest BCUT2D eigenvalue weighted by Crippen LogP contribution is 2.45. The largest absolute Gasteiger partial charge is 0.416 e. The van der Waals surface area contributed by atoms with Crippen LogP contribution in [0.4, 0.5) is 13.2 Å². The summed E-state index contributed by atoms with van der Waals surface area (Å²) in [5.74, 6) is 3.15. The van der Waals surface area contributed by atoms with Gasteiger partial charge in [0.15, 0.2) is 34.9 Å². The van der Waals surface area contributed by atoms with Gasteiger partial charge in [0.25, 0.3) is 0 Å². The first-order valence-corrected chi connectivity index (χ1v) is 28.3. The van der Waals surface area contributed by atoms with Crippen molar-refractivity contribution in [3.05, 3.63) is 278 Å². The Labute approximate surface area is 497 Å². The standard InChI is InChI=1S/C75H46F3N9/c1-46-39-55(41-56(40-46)75(76,77)78)51-33-36-66(86-62-30-16-14-28-57(62)59-43-52(34-37-64(59)86)73-82-69(47-19-6-2-7-20-47)80-70(83-73)48-21-8-3-9-22-48)61(42-51)68-54(45-79)27-18-32-67(68)87-63-31-17-15-29-58(63)60-44-53(35-38-65(60)87)74-84-71(49-23-10-4-11-24-49)81-72(85-74)50-25-12-5-13-26-50/h2-44H,1H3. The van der Waals surface area contributed by atoms with Crippen LogP contribution in [0.1, 0.15) is 16.7 Å². The maximum atomic E-state index is 14.7. The summed E-state index contributed by atoms with van der Waals surface area (Å²) in [6, 6.07) is 86.2. The fourth-order valence-corrected chi connectivity index (χ4v) is 11.9. The van der Waals surface area contributed by atoms with Crippen molar-refractivity contribution in [1.82, 2.24) is 39.0 Å². The van der Waals surface area contributed by atoms with Gasteiger partial charge in [-0.15, -0.1) is 0 Å². The lowest BCUT2D eigenvalue weighted by molar-refractivity contribution is -0.137. The number of aryl methyl sites for hydroxylation is 1. The molecule has 0 spiro atoms. The van der Waals surface area contributed by atoms with Gasteiger partial charge in [-0.2, -0.15) is 18.4 Å². The summed E-state index contributed by atoms with van der Waals surface area (Å²) in [5, 5.41) is 15.1. The Bertz CT molecular complexity index is 5110. The smallest absolute Gasteiger partial charge is 0.309 e. The van der Waals surface area contributed by atoms with Gasteiger partial charge in [0, 0.05) is 66.1 Å². The third kappa shape index (κ3) is 9.40. The van der Waals surface area contributed by atoms with Crippen molar-refractivity contribution in [3.63, 3.8) is 0 Å². The molecule has 15 rings (SSSR count). The number of fused-ring (bicyclic) bond motifs is 6. The number of para-hydroxylation sites is 2. The average molecular weight is 1130 g/mol. The Balaban J connectivity index is 0.959. The van der Waals surface area contributed by atoms with Crippen molar-refractivity contribution in [1.29, 1.82) is 5.26 Å². The topological polar surface area (TPSA) is 111 Å².